The van der Waals surface area contributed by atoms with Crippen molar-refractivity contribution in [1.29, 1.82) is 0 Å². The number of hydrogen-bond donors (Lipinski definition) is 1. The second kappa shape index (κ2) is 8.71. The van der Waals surface area contributed by atoms with Crippen LogP contribution in [0.2, 0.25) is 0 Å². The number of aliphatic hydroxyl groups excluding tert-OH is 1. The highest BCUT2D eigenvalue weighted by atomic mass is 16.5. The highest BCUT2D eigenvalue weighted by Gasteiger charge is 2.34. The molecule has 0 aliphatic carbocycles. The Hall–Kier alpha value is -0.650. The van der Waals surface area contributed by atoms with Crippen LogP contribution in [0.1, 0.15) is 47.0 Å². The van der Waals surface area contributed by atoms with Gasteiger partial charge in [-0.05, 0) is 40.2 Å². The SMILES string of the molecule is CCC(=O)N(CCOCCO)CC1CCCN1C(C)(C)C. The van der Waals surface area contributed by atoms with Gasteiger partial charge < -0.3 is 14.7 Å². The van der Waals surface area contributed by atoms with Gasteiger partial charge in [0.05, 0.1) is 19.8 Å². The third kappa shape index (κ3) is 5.93. The van der Waals surface area contributed by atoms with Gasteiger partial charge in [-0.3, -0.25) is 9.69 Å². The summed E-state index contributed by atoms with van der Waals surface area (Å²) in [7, 11) is 0. The van der Waals surface area contributed by atoms with Crippen molar-refractivity contribution in [2.45, 2.75) is 58.5 Å². The Labute approximate surface area is 129 Å². The summed E-state index contributed by atoms with van der Waals surface area (Å²) in [6.45, 7) is 12.0. The first kappa shape index (κ1) is 18.4. The lowest BCUT2D eigenvalue weighted by atomic mass is 10.0. The number of carbonyl (C=O) groups is 1. The molecule has 1 N–H and O–H groups in total. The van der Waals surface area contributed by atoms with E-state index in [1.54, 1.807) is 0 Å². The van der Waals surface area contributed by atoms with E-state index in [0.29, 0.717) is 32.2 Å². The molecular formula is C16H32N2O3. The maximum absolute atomic E-state index is 12.1. The van der Waals surface area contributed by atoms with Gasteiger partial charge in [-0.1, -0.05) is 6.92 Å². The molecule has 1 aliphatic rings. The van der Waals surface area contributed by atoms with Gasteiger partial charge in [0, 0.05) is 31.1 Å². The highest BCUT2D eigenvalue weighted by molar-refractivity contribution is 5.75. The molecule has 0 spiro atoms. The van der Waals surface area contributed by atoms with Gasteiger partial charge in [-0.15, -0.1) is 0 Å². The van der Waals surface area contributed by atoms with Crippen molar-refractivity contribution in [2.75, 3.05) is 39.5 Å². The van der Waals surface area contributed by atoms with Gasteiger partial charge in [-0.2, -0.15) is 0 Å². The molecular weight excluding hydrogens is 268 g/mol. The van der Waals surface area contributed by atoms with Crippen LogP contribution in [0.3, 0.4) is 0 Å². The van der Waals surface area contributed by atoms with E-state index < -0.39 is 0 Å². The summed E-state index contributed by atoms with van der Waals surface area (Å²) in [6, 6.07) is 0.443. The Bertz CT molecular complexity index is 315. The maximum Gasteiger partial charge on any atom is 0.222 e. The van der Waals surface area contributed by atoms with Crippen molar-refractivity contribution in [2.24, 2.45) is 0 Å². The Morgan fingerprint density at radius 2 is 2.10 bits per heavy atom. The summed E-state index contributed by atoms with van der Waals surface area (Å²) < 4.78 is 5.31. The Morgan fingerprint density at radius 3 is 2.67 bits per heavy atom. The number of amides is 1. The van der Waals surface area contributed by atoms with E-state index in [1.165, 1.54) is 6.42 Å². The largest absolute Gasteiger partial charge is 0.394 e. The molecule has 1 aliphatic heterocycles. The summed E-state index contributed by atoms with van der Waals surface area (Å²) in [5, 5.41) is 8.73. The van der Waals surface area contributed by atoms with E-state index in [9.17, 15) is 4.79 Å². The zero-order valence-electron chi connectivity index (χ0n) is 14.1. The van der Waals surface area contributed by atoms with Crippen molar-refractivity contribution in [3.8, 4) is 0 Å². The van der Waals surface area contributed by atoms with Crippen LogP contribution in [0.4, 0.5) is 0 Å². The molecule has 21 heavy (non-hydrogen) atoms. The van der Waals surface area contributed by atoms with E-state index in [2.05, 4.69) is 25.7 Å². The van der Waals surface area contributed by atoms with Crippen LogP contribution < -0.4 is 0 Å². The summed E-state index contributed by atoms with van der Waals surface area (Å²) in [4.78, 5) is 16.6. The van der Waals surface area contributed by atoms with Gasteiger partial charge in [0.15, 0.2) is 0 Å². The summed E-state index contributed by atoms with van der Waals surface area (Å²) in [5.74, 6) is 0.184. The van der Waals surface area contributed by atoms with E-state index >= 15 is 0 Å². The van der Waals surface area contributed by atoms with Crippen LogP contribution in [0.15, 0.2) is 0 Å². The molecule has 1 atom stereocenters. The lowest BCUT2D eigenvalue weighted by Gasteiger charge is -2.39. The lowest BCUT2D eigenvalue weighted by molar-refractivity contribution is -0.132. The number of aliphatic hydroxyl groups is 1. The van der Waals surface area contributed by atoms with Crippen LogP contribution in [0.25, 0.3) is 0 Å². The summed E-state index contributed by atoms with van der Waals surface area (Å²) in [6.07, 6.45) is 2.89. The fraction of sp³-hybridized carbons (Fsp3) is 0.938. The predicted molar refractivity (Wildman–Crippen MR) is 84.3 cm³/mol. The van der Waals surface area contributed by atoms with Crippen LogP contribution in [0.5, 0.6) is 0 Å². The van der Waals surface area contributed by atoms with E-state index in [4.69, 9.17) is 9.84 Å². The predicted octanol–water partition coefficient (Wildman–Crippen LogP) is 1.50. The minimum atomic E-state index is 0.0299. The molecule has 1 fully saturated rings. The van der Waals surface area contributed by atoms with Gasteiger partial charge in [0.25, 0.3) is 0 Å². The second-order valence-electron chi connectivity index (χ2n) is 6.69. The van der Waals surface area contributed by atoms with Gasteiger partial charge in [0.2, 0.25) is 5.91 Å². The number of rotatable bonds is 8. The van der Waals surface area contributed by atoms with Gasteiger partial charge in [-0.25, -0.2) is 0 Å². The number of ether oxygens (including phenoxy) is 1. The van der Waals surface area contributed by atoms with Crippen molar-refractivity contribution in [3.63, 3.8) is 0 Å². The molecule has 1 saturated heterocycles. The van der Waals surface area contributed by atoms with Crippen molar-refractivity contribution in [1.82, 2.24) is 9.80 Å². The Balaban J connectivity index is 2.56. The van der Waals surface area contributed by atoms with Crippen molar-refractivity contribution < 1.29 is 14.6 Å². The molecule has 0 radical (unpaired) electrons. The lowest BCUT2D eigenvalue weighted by Crippen LogP contribution is -2.50. The second-order valence-corrected chi connectivity index (χ2v) is 6.69. The number of hydrogen-bond acceptors (Lipinski definition) is 4. The van der Waals surface area contributed by atoms with Crippen LogP contribution in [-0.2, 0) is 9.53 Å². The Kier molecular flexibility index (Phi) is 7.63. The molecule has 0 bridgehead atoms. The first-order valence-corrected chi connectivity index (χ1v) is 8.13. The zero-order valence-corrected chi connectivity index (χ0v) is 14.1. The fourth-order valence-corrected chi connectivity index (χ4v) is 3.05. The third-order valence-electron chi connectivity index (χ3n) is 4.07. The van der Waals surface area contributed by atoms with Crippen molar-refractivity contribution >= 4 is 5.91 Å². The number of likely N-dealkylation sites (tertiary alicyclic amines) is 1. The third-order valence-corrected chi connectivity index (χ3v) is 4.07. The Morgan fingerprint density at radius 1 is 1.38 bits per heavy atom. The van der Waals surface area contributed by atoms with E-state index in [0.717, 1.165) is 19.5 Å². The van der Waals surface area contributed by atoms with Crippen molar-refractivity contribution in [3.05, 3.63) is 0 Å². The summed E-state index contributed by atoms with van der Waals surface area (Å²) in [5.41, 5.74) is 0.148. The van der Waals surface area contributed by atoms with E-state index in [1.807, 2.05) is 11.8 Å². The molecule has 1 heterocycles. The minimum Gasteiger partial charge on any atom is -0.394 e. The monoisotopic (exact) mass is 300 g/mol. The molecule has 0 saturated carbocycles. The molecule has 0 aromatic carbocycles. The smallest absolute Gasteiger partial charge is 0.222 e. The van der Waals surface area contributed by atoms with Crippen LogP contribution >= 0.6 is 0 Å². The fourth-order valence-electron chi connectivity index (χ4n) is 3.05. The molecule has 1 unspecified atom stereocenters. The average molecular weight is 300 g/mol. The van der Waals surface area contributed by atoms with Gasteiger partial charge in [0.1, 0.15) is 0 Å². The first-order valence-electron chi connectivity index (χ1n) is 8.13. The van der Waals surface area contributed by atoms with Gasteiger partial charge >= 0.3 is 0 Å². The average Bonchev–Trinajstić information content (AvgIpc) is 2.89. The van der Waals surface area contributed by atoms with Crippen LogP contribution in [-0.4, -0.2) is 71.8 Å². The summed E-state index contributed by atoms with van der Waals surface area (Å²) >= 11 is 0. The minimum absolute atomic E-state index is 0.0299. The van der Waals surface area contributed by atoms with E-state index in [-0.39, 0.29) is 18.1 Å². The molecule has 1 rings (SSSR count). The highest BCUT2D eigenvalue weighted by Crippen LogP contribution is 2.27. The normalized spacial score (nSPS) is 20.0. The molecule has 124 valence electrons. The molecule has 1 amide bonds. The quantitative estimate of drug-likeness (QED) is 0.690. The number of nitrogens with zero attached hydrogens (tertiary/aromatic N) is 2. The topological polar surface area (TPSA) is 53.0 Å². The first-order chi connectivity index (χ1) is 9.90. The molecule has 5 heteroatoms. The number of carbonyl (C=O) groups excluding carboxylic acids is 1. The standard InChI is InChI=1S/C16H32N2O3/c1-5-15(20)17(9-11-21-12-10-19)13-14-7-6-8-18(14)16(2,3)4/h14,19H,5-13H2,1-4H3. The molecule has 0 aromatic rings. The zero-order chi connectivity index (χ0) is 15.9. The van der Waals surface area contributed by atoms with Crippen LogP contribution in [0, 0.1) is 0 Å². The molecule has 0 aromatic heterocycles. The molecule has 5 nitrogen and oxygen atoms in total. The maximum atomic E-state index is 12.1.